The van der Waals surface area contributed by atoms with Crippen molar-refractivity contribution >= 4 is 29.3 Å². The summed E-state index contributed by atoms with van der Waals surface area (Å²) in [6.07, 6.45) is 0.143. The third-order valence-electron chi connectivity index (χ3n) is 4.36. The first-order valence-electron chi connectivity index (χ1n) is 9.06. The van der Waals surface area contributed by atoms with Crippen LogP contribution >= 0.6 is 11.8 Å². The lowest BCUT2D eigenvalue weighted by molar-refractivity contribution is -0.118. The van der Waals surface area contributed by atoms with E-state index in [0.717, 1.165) is 16.1 Å². The molecule has 5 heteroatoms. The average Bonchev–Trinajstić information content (AvgIpc) is 2.61. The summed E-state index contributed by atoms with van der Waals surface area (Å²) in [5.74, 6) is -0.139. The maximum atomic E-state index is 12.9. The van der Waals surface area contributed by atoms with Crippen molar-refractivity contribution in [3.05, 3.63) is 59.7 Å². The number of carbonyl (C=O) groups excluding carboxylic acids is 2. The Morgan fingerprint density at radius 2 is 1.74 bits per heavy atom. The maximum absolute atomic E-state index is 12.9. The summed E-state index contributed by atoms with van der Waals surface area (Å²) in [4.78, 5) is 26.8. The van der Waals surface area contributed by atoms with E-state index in [-0.39, 0.29) is 17.7 Å². The van der Waals surface area contributed by atoms with Crippen LogP contribution in [0.1, 0.15) is 38.3 Å². The van der Waals surface area contributed by atoms with Crippen molar-refractivity contribution in [1.29, 1.82) is 0 Å². The SMILES string of the molecule is Cc1ccc(C(C)(C)C)cc1SCC(=O)N(CCC(N)=O)c1ccccc1. The Bertz CT molecular complexity index is 798. The van der Waals surface area contributed by atoms with Crippen LogP contribution in [0.3, 0.4) is 0 Å². The van der Waals surface area contributed by atoms with E-state index in [1.165, 1.54) is 17.3 Å². The first-order valence-corrected chi connectivity index (χ1v) is 10.0. The molecule has 0 heterocycles. The van der Waals surface area contributed by atoms with Gasteiger partial charge < -0.3 is 10.6 Å². The number of aryl methyl sites for hydroxylation is 1. The van der Waals surface area contributed by atoms with Gasteiger partial charge in [0.05, 0.1) is 5.75 Å². The molecule has 0 unspecified atom stereocenters. The Hall–Kier alpha value is -2.27. The summed E-state index contributed by atoms with van der Waals surface area (Å²) in [5.41, 5.74) is 8.52. The van der Waals surface area contributed by atoms with Crippen LogP contribution in [-0.4, -0.2) is 24.1 Å². The Morgan fingerprint density at radius 1 is 1.07 bits per heavy atom. The normalized spacial score (nSPS) is 11.3. The molecular weight excluding hydrogens is 356 g/mol. The van der Waals surface area contributed by atoms with Crippen LogP contribution in [0.5, 0.6) is 0 Å². The van der Waals surface area contributed by atoms with Gasteiger partial charge in [-0.15, -0.1) is 11.8 Å². The number of benzene rings is 2. The molecule has 0 aliphatic carbocycles. The van der Waals surface area contributed by atoms with E-state index in [9.17, 15) is 9.59 Å². The third-order valence-corrected chi connectivity index (χ3v) is 5.50. The van der Waals surface area contributed by atoms with E-state index in [2.05, 4.69) is 45.9 Å². The lowest BCUT2D eigenvalue weighted by Gasteiger charge is -2.23. The second kappa shape index (κ2) is 9.09. The number of primary amides is 1. The van der Waals surface area contributed by atoms with Crippen molar-refractivity contribution in [3.63, 3.8) is 0 Å². The van der Waals surface area contributed by atoms with Crippen LogP contribution in [0.15, 0.2) is 53.4 Å². The number of para-hydroxylation sites is 1. The molecular formula is C22H28N2O2S. The van der Waals surface area contributed by atoms with Crippen LogP contribution in [0, 0.1) is 6.92 Å². The quantitative estimate of drug-likeness (QED) is 0.724. The molecule has 0 aliphatic rings. The molecule has 0 radical (unpaired) electrons. The van der Waals surface area contributed by atoms with E-state index in [1.54, 1.807) is 4.90 Å². The Balaban J connectivity index is 2.15. The van der Waals surface area contributed by atoms with Gasteiger partial charge in [-0.25, -0.2) is 0 Å². The fourth-order valence-electron chi connectivity index (χ4n) is 2.67. The summed E-state index contributed by atoms with van der Waals surface area (Å²) in [6, 6.07) is 15.8. The lowest BCUT2D eigenvalue weighted by Crippen LogP contribution is -2.35. The Kier molecular flexibility index (Phi) is 7.08. The molecule has 27 heavy (non-hydrogen) atoms. The van der Waals surface area contributed by atoms with E-state index < -0.39 is 5.91 Å². The molecule has 2 N–H and O–H groups in total. The lowest BCUT2D eigenvalue weighted by atomic mass is 9.87. The minimum absolute atomic E-state index is 0.0342. The number of nitrogens with zero attached hydrogens (tertiary/aromatic N) is 1. The largest absolute Gasteiger partial charge is 0.370 e. The summed E-state index contributed by atoms with van der Waals surface area (Å²) < 4.78 is 0. The van der Waals surface area contributed by atoms with Gasteiger partial charge >= 0.3 is 0 Å². The van der Waals surface area contributed by atoms with Crippen molar-refractivity contribution < 1.29 is 9.59 Å². The molecule has 0 saturated heterocycles. The van der Waals surface area contributed by atoms with Gasteiger partial charge in [0.15, 0.2) is 0 Å². The fourth-order valence-corrected chi connectivity index (χ4v) is 3.61. The van der Waals surface area contributed by atoms with Crippen LogP contribution in [0.25, 0.3) is 0 Å². The van der Waals surface area contributed by atoms with Gasteiger partial charge in [0.25, 0.3) is 0 Å². The highest BCUT2D eigenvalue weighted by Crippen LogP contribution is 2.30. The predicted molar refractivity (Wildman–Crippen MR) is 113 cm³/mol. The molecule has 2 amide bonds. The van der Waals surface area contributed by atoms with E-state index in [4.69, 9.17) is 5.73 Å². The van der Waals surface area contributed by atoms with Gasteiger partial charge in [-0.05, 0) is 41.7 Å². The Labute approximate surface area is 166 Å². The molecule has 0 fully saturated rings. The van der Waals surface area contributed by atoms with Crippen molar-refractivity contribution in [1.82, 2.24) is 0 Å². The zero-order valence-corrected chi connectivity index (χ0v) is 17.3. The molecule has 0 spiro atoms. The zero-order chi connectivity index (χ0) is 20.0. The smallest absolute Gasteiger partial charge is 0.237 e. The molecule has 0 aliphatic heterocycles. The average molecular weight is 385 g/mol. The number of thioether (sulfide) groups is 1. The van der Waals surface area contributed by atoms with E-state index >= 15 is 0 Å². The van der Waals surface area contributed by atoms with Gasteiger partial charge in [-0.2, -0.15) is 0 Å². The molecule has 0 bridgehead atoms. The van der Waals surface area contributed by atoms with E-state index in [0.29, 0.717) is 12.3 Å². The molecule has 2 aromatic rings. The second-order valence-electron chi connectivity index (χ2n) is 7.62. The monoisotopic (exact) mass is 384 g/mol. The van der Waals surface area contributed by atoms with E-state index in [1.807, 2.05) is 30.3 Å². The molecule has 0 atom stereocenters. The first kappa shape index (κ1) is 21.0. The van der Waals surface area contributed by atoms with Crippen molar-refractivity contribution in [2.75, 3.05) is 17.2 Å². The summed E-state index contributed by atoms with van der Waals surface area (Å²) in [7, 11) is 0. The first-order chi connectivity index (χ1) is 12.7. The maximum Gasteiger partial charge on any atom is 0.237 e. The van der Waals surface area contributed by atoms with Crippen LogP contribution < -0.4 is 10.6 Å². The van der Waals surface area contributed by atoms with Crippen molar-refractivity contribution in [2.45, 2.75) is 44.4 Å². The molecule has 0 aromatic heterocycles. The third kappa shape index (κ3) is 6.14. The highest BCUT2D eigenvalue weighted by atomic mass is 32.2. The number of nitrogens with two attached hydrogens (primary N) is 1. The molecule has 144 valence electrons. The Morgan fingerprint density at radius 3 is 2.33 bits per heavy atom. The molecule has 2 aromatic carbocycles. The van der Waals surface area contributed by atoms with Crippen molar-refractivity contribution in [2.24, 2.45) is 5.73 Å². The molecule has 4 nitrogen and oxygen atoms in total. The number of hydrogen-bond donors (Lipinski definition) is 1. The topological polar surface area (TPSA) is 63.4 Å². The summed E-state index contributed by atoms with van der Waals surface area (Å²) in [5, 5.41) is 0. The highest BCUT2D eigenvalue weighted by Gasteiger charge is 2.19. The van der Waals surface area contributed by atoms with Gasteiger partial charge in [0.1, 0.15) is 0 Å². The van der Waals surface area contributed by atoms with Gasteiger partial charge in [0, 0.05) is 23.5 Å². The highest BCUT2D eigenvalue weighted by molar-refractivity contribution is 8.00. The number of amides is 2. The van der Waals surface area contributed by atoms with Crippen molar-refractivity contribution in [3.8, 4) is 0 Å². The summed E-state index contributed by atoms with van der Waals surface area (Å²) in [6.45, 7) is 8.88. The predicted octanol–water partition coefficient (Wildman–Crippen LogP) is 4.29. The molecule has 0 saturated carbocycles. The number of rotatable bonds is 7. The van der Waals surface area contributed by atoms with Gasteiger partial charge in [-0.3, -0.25) is 9.59 Å². The van der Waals surface area contributed by atoms with Crippen LogP contribution in [-0.2, 0) is 15.0 Å². The van der Waals surface area contributed by atoms with Gasteiger partial charge in [0.2, 0.25) is 11.8 Å². The number of hydrogen-bond acceptors (Lipinski definition) is 3. The second-order valence-corrected chi connectivity index (χ2v) is 8.63. The van der Waals surface area contributed by atoms with Crippen LogP contribution in [0.4, 0.5) is 5.69 Å². The summed E-state index contributed by atoms with van der Waals surface area (Å²) >= 11 is 1.54. The number of anilines is 1. The zero-order valence-electron chi connectivity index (χ0n) is 16.5. The minimum atomic E-state index is -0.412. The minimum Gasteiger partial charge on any atom is -0.370 e. The van der Waals surface area contributed by atoms with Gasteiger partial charge in [-0.1, -0.05) is 51.1 Å². The number of carbonyl (C=O) groups is 2. The molecule has 2 rings (SSSR count). The standard InChI is InChI=1S/C22H28N2O2S/c1-16-10-11-17(22(2,3)4)14-19(16)27-15-21(26)24(13-12-20(23)25)18-8-6-5-7-9-18/h5-11,14H,12-13,15H2,1-4H3,(H2,23,25). The van der Waals surface area contributed by atoms with Crippen LogP contribution in [0.2, 0.25) is 0 Å². The fraction of sp³-hybridized carbons (Fsp3) is 0.364.